The van der Waals surface area contributed by atoms with Crippen molar-refractivity contribution in [2.45, 2.75) is 379 Å². The van der Waals surface area contributed by atoms with Crippen molar-refractivity contribution in [2.75, 3.05) is 6.61 Å². The number of hydrogen-bond acceptors (Lipinski definition) is 3. The van der Waals surface area contributed by atoms with Crippen molar-refractivity contribution in [2.24, 2.45) is 0 Å². The lowest BCUT2D eigenvalue weighted by molar-refractivity contribution is -0.123. The van der Waals surface area contributed by atoms with Crippen LogP contribution in [-0.4, -0.2) is 34.9 Å². The highest BCUT2D eigenvalue weighted by Gasteiger charge is 2.18. The first-order chi connectivity index (χ1) is 36.2. The smallest absolute Gasteiger partial charge is 0.220 e. The zero-order valence-corrected chi connectivity index (χ0v) is 49.7. The van der Waals surface area contributed by atoms with Gasteiger partial charge in [-0.05, 0) is 70.6 Å². The van der Waals surface area contributed by atoms with Crippen molar-refractivity contribution in [3.8, 4) is 0 Å². The fourth-order valence-corrected chi connectivity index (χ4v) is 10.4. The Kier molecular flexibility index (Phi) is 63.2. The summed E-state index contributed by atoms with van der Waals surface area (Å²) >= 11 is 0. The van der Waals surface area contributed by atoms with Crippen molar-refractivity contribution < 1.29 is 15.0 Å². The molecule has 73 heavy (non-hydrogen) atoms. The van der Waals surface area contributed by atoms with Gasteiger partial charge in [-0.15, -0.1) is 0 Å². The Bertz CT molecular complexity index is 1160. The van der Waals surface area contributed by atoms with Gasteiger partial charge in [0.25, 0.3) is 0 Å². The van der Waals surface area contributed by atoms with Crippen LogP contribution in [0.25, 0.3) is 0 Å². The van der Waals surface area contributed by atoms with Crippen LogP contribution >= 0.6 is 0 Å². The Morgan fingerprint density at radius 1 is 0.315 bits per heavy atom. The molecule has 0 saturated carbocycles. The van der Waals surface area contributed by atoms with E-state index >= 15 is 0 Å². The second kappa shape index (κ2) is 64.6. The Morgan fingerprint density at radius 3 is 0.795 bits per heavy atom. The average molecular weight is 1020 g/mol. The largest absolute Gasteiger partial charge is 0.394 e. The molecule has 0 aromatic carbocycles. The molecule has 2 unspecified atom stereocenters. The van der Waals surface area contributed by atoms with Crippen molar-refractivity contribution in [1.29, 1.82) is 0 Å². The first-order valence-corrected chi connectivity index (χ1v) is 33.4. The zero-order valence-electron chi connectivity index (χ0n) is 49.7. The highest BCUT2D eigenvalue weighted by Crippen LogP contribution is 2.18. The van der Waals surface area contributed by atoms with Gasteiger partial charge in [-0.1, -0.05) is 339 Å². The minimum Gasteiger partial charge on any atom is -0.394 e. The molecule has 0 aliphatic heterocycles. The summed E-state index contributed by atoms with van der Waals surface area (Å²) in [4.78, 5) is 12.5. The van der Waals surface area contributed by atoms with Gasteiger partial charge in [0.2, 0.25) is 5.91 Å². The molecule has 0 rings (SSSR count). The molecular formula is C69H131NO3. The van der Waals surface area contributed by atoms with Crippen LogP contribution in [0.1, 0.15) is 367 Å². The molecule has 4 nitrogen and oxygen atoms in total. The number of nitrogens with one attached hydrogen (secondary N) is 1. The maximum absolute atomic E-state index is 12.5. The molecule has 0 bridgehead atoms. The number of aliphatic hydroxyl groups is 2. The summed E-state index contributed by atoms with van der Waals surface area (Å²) in [5.41, 5.74) is 0. The summed E-state index contributed by atoms with van der Waals surface area (Å²) in [5.74, 6) is -0.0713. The van der Waals surface area contributed by atoms with Gasteiger partial charge < -0.3 is 15.5 Å². The number of unbranched alkanes of at least 4 members (excludes halogenated alkanes) is 49. The summed E-state index contributed by atoms with van der Waals surface area (Å²) in [5, 5.41) is 23.2. The number of rotatable bonds is 62. The van der Waals surface area contributed by atoms with Gasteiger partial charge in [-0.3, -0.25) is 4.79 Å². The van der Waals surface area contributed by atoms with Gasteiger partial charge in [-0.25, -0.2) is 0 Å². The number of allylic oxidation sites excluding steroid dienone is 7. The maximum Gasteiger partial charge on any atom is 0.220 e. The molecule has 2 atom stereocenters. The molecule has 0 aliphatic rings. The van der Waals surface area contributed by atoms with Crippen molar-refractivity contribution in [3.05, 3.63) is 48.6 Å². The summed E-state index contributed by atoms with van der Waals surface area (Å²) in [6.45, 7) is 4.33. The fraction of sp³-hybridized carbons (Fsp3) is 0.870. The van der Waals surface area contributed by atoms with Crippen molar-refractivity contribution in [3.63, 3.8) is 0 Å². The summed E-state index contributed by atoms with van der Waals surface area (Å²) in [7, 11) is 0. The third kappa shape index (κ3) is 61.1. The van der Waals surface area contributed by atoms with E-state index in [9.17, 15) is 15.0 Å². The third-order valence-electron chi connectivity index (χ3n) is 15.5. The molecule has 1 amide bonds. The van der Waals surface area contributed by atoms with Crippen LogP contribution in [0.5, 0.6) is 0 Å². The highest BCUT2D eigenvalue weighted by molar-refractivity contribution is 5.76. The number of carbonyl (C=O) groups excluding carboxylic acids is 1. The highest BCUT2D eigenvalue weighted by atomic mass is 16.3. The molecule has 0 radical (unpaired) electrons. The molecule has 0 aromatic heterocycles. The Labute approximate surface area is 458 Å². The molecule has 0 spiro atoms. The van der Waals surface area contributed by atoms with E-state index in [4.69, 9.17) is 0 Å². The van der Waals surface area contributed by atoms with E-state index in [2.05, 4.69) is 55.6 Å². The predicted molar refractivity (Wildman–Crippen MR) is 327 cm³/mol. The van der Waals surface area contributed by atoms with Crippen LogP contribution in [0.2, 0.25) is 0 Å². The van der Waals surface area contributed by atoms with Crippen LogP contribution in [0.15, 0.2) is 48.6 Å². The lowest BCUT2D eigenvalue weighted by Crippen LogP contribution is -2.45. The molecular weight excluding hydrogens is 891 g/mol. The van der Waals surface area contributed by atoms with E-state index in [0.717, 1.165) is 38.5 Å². The second-order valence-electron chi connectivity index (χ2n) is 22.9. The molecule has 0 aromatic rings. The number of hydrogen-bond donors (Lipinski definition) is 3. The minimum atomic E-state index is -0.870. The van der Waals surface area contributed by atoms with E-state index in [1.807, 2.05) is 6.08 Å². The zero-order chi connectivity index (χ0) is 52.7. The number of carbonyl (C=O) groups is 1. The topological polar surface area (TPSA) is 69.6 Å². The normalized spacial score (nSPS) is 13.0. The first-order valence-electron chi connectivity index (χ1n) is 33.4. The summed E-state index contributed by atoms with van der Waals surface area (Å²) in [6, 6.07) is -0.646. The van der Waals surface area contributed by atoms with E-state index in [1.54, 1.807) is 6.08 Å². The minimum absolute atomic E-state index is 0.0713. The quantitative estimate of drug-likeness (QED) is 0.0420. The second-order valence-corrected chi connectivity index (χ2v) is 22.9. The summed E-state index contributed by atoms with van der Waals surface area (Å²) in [6.07, 6.45) is 90.5. The van der Waals surface area contributed by atoms with Crippen LogP contribution in [-0.2, 0) is 4.79 Å². The number of amides is 1. The molecule has 430 valence electrons. The van der Waals surface area contributed by atoms with Crippen LogP contribution in [0.4, 0.5) is 0 Å². The van der Waals surface area contributed by atoms with E-state index < -0.39 is 12.1 Å². The van der Waals surface area contributed by atoms with Crippen molar-refractivity contribution >= 4 is 5.91 Å². The van der Waals surface area contributed by atoms with E-state index in [-0.39, 0.29) is 12.5 Å². The summed E-state index contributed by atoms with van der Waals surface area (Å²) < 4.78 is 0. The first kappa shape index (κ1) is 71.3. The monoisotopic (exact) mass is 1020 g/mol. The van der Waals surface area contributed by atoms with Crippen LogP contribution in [0.3, 0.4) is 0 Å². The average Bonchev–Trinajstić information content (AvgIpc) is 3.40. The van der Waals surface area contributed by atoms with Gasteiger partial charge >= 0.3 is 0 Å². The van der Waals surface area contributed by atoms with Gasteiger partial charge in [0.1, 0.15) is 0 Å². The molecule has 3 N–H and O–H groups in total. The molecule has 0 saturated heterocycles. The lowest BCUT2D eigenvalue weighted by Gasteiger charge is -2.19. The van der Waals surface area contributed by atoms with Gasteiger partial charge in [0.15, 0.2) is 0 Å². The lowest BCUT2D eigenvalue weighted by atomic mass is 10.0. The standard InChI is InChI=1S/C69H131NO3/c1-3-5-7-9-11-13-15-17-19-21-23-25-27-28-29-30-31-32-33-34-35-36-37-38-39-40-41-42-43-45-47-49-51-53-55-57-59-61-63-65-69(73)70-67(66-71)68(72)64-62-60-58-56-54-52-50-48-46-44-26-24-22-20-18-16-14-12-10-8-6-4-2/h21,23,46,48,54,56,62,64,67-68,71-72H,3-20,22,24-45,47,49-53,55,57-61,63,65-66H2,1-2H3,(H,70,73)/b23-21-,48-46+,56-54+,64-62+. The SMILES string of the molecule is CCCCCCCCCC/C=C\CCCCCCCCCCCCCCCCCCCCCCCCCCCCCC(=O)NC(CO)C(O)/C=C/CC/C=C/CC/C=C/CCCCCCCCCCCCCC. The maximum atomic E-state index is 12.5. The van der Waals surface area contributed by atoms with Crippen molar-refractivity contribution in [1.82, 2.24) is 5.32 Å². The van der Waals surface area contributed by atoms with Crippen LogP contribution in [0, 0.1) is 0 Å². The Morgan fingerprint density at radius 2 is 0.534 bits per heavy atom. The Balaban J connectivity index is 3.43. The fourth-order valence-electron chi connectivity index (χ4n) is 10.4. The molecule has 0 heterocycles. The van der Waals surface area contributed by atoms with Gasteiger partial charge in [0.05, 0.1) is 18.8 Å². The van der Waals surface area contributed by atoms with Gasteiger partial charge in [-0.2, -0.15) is 0 Å². The molecule has 4 heteroatoms. The molecule has 0 fully saturated rings. The molecule has 0 aliphatic carbocycles. The van der Waals surface area contributed by atoms with Crippen LogP contribution < -0.4 is 5.32 Å². The van der Waals surface area contributed by atoms with Gasteiger partial charge in [0, 0.05) is 6.42 Å². The predicted octanol–water partition coefficient (Wildman–Crippen LogP) is 22.5. The Hall–Kier alpha value is -1.65. The van der Waals surface area contributed by atoms with E-state index in [1.165, 1.54) is 308 Å². The van der Waals surface area contributed by atoms with E-state index in [0.29, 0.717) is 6.42 Å². The third-order valence-corrected chi connectivity index (χ3v) is 15.5. The number of aliphatic hydroxyl groups excluding tert-OH is 2.